The molecule has 0 aliphatic heterocycles. The molecule has 0 unspecified atom stereocenters. The molecule has 0 aliphatic rings. The van der Waals surface area contributed by atoms with Gasteiger partial charge in [-0.1, -0.05) is 0 Å². The molecule has 0 aromatic carbocycles. The average molecular weight is 106 g/mol. The summed E-state index contributed by atoms with van der Waals surface area (Å²) in [6, 6.07) is 5.82. The van der Waals surface area contributed by atoms with Gasteiger partial charge in [0.1, 0.15) is 0 Å². The van der Waals surface area contributed by atoms with Gasteiger partial charge in [0.15, 0.2) is 0 Å². The molecular weight excluding hydrogens is 98.9 g/mol. The Morgan fingerprint density at radius 1 is 1.50 bits per heavy atom. The van der Waals surface area contributed by atoms with Gasteiger partial charge in [-0.3, -0.25) is 0 Å². The van der Waals surface area contributed by atoms with Crippen LogP contribution in [-0.4, -0.2) is 14.0 Å². The van der Waals surface area contributed by atoms with E-state index in [2.05, 4.69) is 0 Å². The van der Waals surface area contributed by atoms with Crippen molar-refractivity contribution in [2.45, 2.75) is 0 Å². The standard InChI is InChI=1S/C6H7BO/c1-8-6-4-2-3-5-7-6/h2-5H,1H3. The first-order valence-corrected chi connectivity index (χ1v) is 2.52. The van der Waals surface area contributed by atoms with Crippen LogP contribution in [0.5, 0.6) is 5.64 Å². The van der Waals surface area contributed by atoms with Crippen LogP contribution in [0.2, 0.25) is 0 Å². The maximum atomic E-state index is 4.91. The van der Waals surface area contributed by atoms with E-state index in [9.17, 15) is 0 Å². The third-order valence-electron chi connectivity index (χ3n) is 0.979. The van der Waals surface area contributed by atoms with Gasteiger partial charge in [-0.05, 0) is 0 Å². The van der Waals surface area contributed by atoms with E-state index in [1.165, 1.54) is 0 Å². The van der Waals surface area contributed by atoms with Crippen molar-refractivity contribution in [1.29, 1.82) is 0 Å². The molecule has 8 heavy (non-hydrogen) atoms. The van der Waals surface area contributed by atoms with E-state index < -0.39 is 0 Å². The Morgan fingerprint density at radius 3 is 2.75 bits per heavy atom. The molecule has 0 atom stereocenters. The first-order chi connectivity index (χ1) is 3.93. The molecule has 40 valence electrons. The van der Waals surface area contributed by atoms with Gasteiger partial charge >= 0.3 is 48.6 Å². The van der Waals surface area contributed by atoms with Crippen molar-refractivity contribution in [3.05, 3.63) is 24.2 Å². The first-order valence-electron chi connectivity index (χ1n) is 2.52. The van der Waals surface area contributed by atoms with Gasteiger partial charge in [-0.25, -0.2) is 0 Å². The molecule has 1 rings (SSSR count). The van der Waals surface area contributed by atoms with Gasteiger partial charge in [0.05, 0.1) is 0 Å². The van der Waals surface area contributed by atoms with Crippen LogP contribution in [0.1, 0.15) is 0 Å². The summed E-state index contributed by atoms with van der Waals surface area (Å²) in [5, 5.41) is 0. The summed E-state index contributed by atoms with van der Waals surface area (Å²) in [5.41, 5.74) is 0.910. The van der Waals surface area contributed by atoms with Crippen LogP contribution in [0.3, 0.4) is 0 Å². The number of methoxy groups -OCH3 is 1. The van der Waals surface area contributed by atoms with Gasteiger partial charge in [-0.2, -0.15) is 0 Å². The normalized spacial score (nSPS) is 8.12. The van der Waals surface area contributed by atoms with Crippen molar-refractivity contribution in [3.8, 4) is 5.64 Å². The fourth-order valence-electron chi connectivity index (χ4n) is 0.557. The Hall–Kier alpha value is -0.785. The summed E-state index contributed by atoms with van der Waals surface area (Å²) in [7, 11) is 1.66. The second-order valence-corrected chi connectivity index (χ2v) is 1.52. The van der Waals surface area contributed by atoms with Crippen LogP contribution < -0.4 is 4.74 Å². The topological polar surface area (TPSA) is 9.23 Å². The monoisotopic (exact) mass is 106 g/mol. The van der Waals surface area contributed by atoms with Gasteiger partial charge < -0.3 is 0 Å². The Balaban J connectivity index is 2.83. The summed E-state index contributed by atoms with van der Waals surface area (Å²) >= 11 is 0. The Kier molecular flexibility index (Phi) is 1.68. The zero-order valence-corrected chi connectivity index (χ0v) is 4.79. The number of ether oxygens (including phenoxy) is 1. The molecule has 0 spiro atoms. The van der Waals surface area contributed by atoms with E-state index in [4.69, 9.17) is 4.74 Å². The molecule has 1 nitrogen and oxygen atoms in total. The summed E-state index contributed by atoms with van der Waals surface area (Å²) in [6.07, 6.45) is 0. The van der Waals surface area contributed by atoms with Crippen molar-refractivity contribution >= 4 is 6.91 Å². The van der Waals surface area contributed by atoms with Crippen LogP contribution in [0.15, 0.2) is 24.2 Å². The van der Waals surface area contributed by atoms with E-state index in [1.807, 2.05) is 31.1 Å². The Labute approximate surface area is 49.5 Å². The minimum absolute atomic E-state index is 0.910. The molecule has 0 bridgehead atoms. The van der Waals surface area contributed by atoms with E-state index in [1.54, 1.807) is 7.11 Å². The van der Waals surface area contributed by atoms with Crippen LogP contribution >= 0.6 is 0 Å². The summed E-state index contributed by atoms with van der Waals surface area (Å²) in [5.74, 6) is 1.94. The third-order valence-corrected chi connectivity index (χ3v) is 0.979. The summed E-state index contributed by atoms with van der Waals surface area (Å²) in [4.78, 5) is 0. The van der Waals surface area contributed by atoms with Crippen molar-refractivity contribution < 1.29 is 4.74 Å². The van der Waals surface area contributed by atoms with Gasteiger partial charge in [0.2, 0.25) is 0 Å². The van der Waals surface area contributed by atoms with E-state index >= 15 is 0 Å². The molecule has 2 heteroatoms. The zero-order valence-electron chi connectivity index (χ0n) is 4.79. The summed E-state index contributed by atoms with van der Waals surface area (Å²) < 4.78 is 4.91. The second kappa shape index (κ2) is 2.50. The molecule has 0 saturated heterocycles. The SMILES string of the molecule is COc1bcccc1. The molecule has 0 amide bonds. The maximum absolute atomic E-state index is 4.91. The van der Waals surface area contributed by atoms with Crippen molar-refractivity contribution in [3.63, 3.8) is 0 Å². The fraction of sp³-hybridized carbons (Fsp3) is 0.167. The number of hydrogen-bond donors (Lipinski definition) is 0. The van der Waals surface area contributed by atoms with Gasteiger partial charge in [-0.15, -0.1) is 0 Å². The predicted molar refractivity (Wildman–Crippen MR) is 34.3 cm³/mol. The molecule has 1 aromatic heterocycles. The molecule has 0 N–H and O–H groups in total. The quantitative estimate of drug-likeness (QED) is 0.519. The van der Waals surface area contributed by atoms with Crippen molar-refractivity contribution in [2.24, 2.45) is 0 Å². The molecule has 1 heterocycles. The van der Waals surface area contributed by atoms with Crippen molar-refractivity contribution in [1.82, 2.24) is 0 Å². The van der Waals surface area contributed by atoms with Gasteiger partial charge in [0.25, 0.3) is 0 Å². The zero-order chi connectivity index (χ0) is 5.82. The molecule has 1 aromatic rings. The fourth-order valence-corrected chi connectivity index (χ4v) is 0.557. The van der Waals surface area contributed by atoms with Crippen LogP contribution in [0, 0.1) is 0 Å². The predicted octanol–water partition coefficient (Wildman–Crippen LogP) is 1.03. The average Bonchev–Trinajstić information content (AvgIpc) is 1.90. The Bertz CT molecular complexity index is 150. The number of hydrogen-bond acceptors (Lipinski definition) is 1. The van der Waals surface area contributed by atoms with E-state index in [-0.39, 0.29) is 0 Å². The molecule has 0 radical (unpaired) electrons. The molecule has 0 aliphatic carbocycles. The van der Waals surface area contributed by atoms with Gasteiger partial charge in [0, 0.05) is 0 Å². The summed E-state index contributed by atoms with van der Waals surface area (Å²) in [6.45, 7) is 1.92. The van der Waals surface area contributed by atoms with Crippen LogP contribution in [0.25, 0.3) is 0 Å². The minimum atomic E-state index is 0.910. The van der Waals surface area contributed by atoms with E-state index in [0.29, 0.717) is 0 Å². The molecule has 0 saturated carbocycles. The third kappa shape index (κ3) is 1.09. The van der Waals surface area contributed by atoms with Crippen LogP contribution in [0.4, 0.5) is 0 Å². The van der Waals surface area contributed by atoms with E-state index in [0.717, 1.165) is 5.64 Å². The molecule has 0 fully saturated rings. The van der Waals surface area contributed by atoms with Crippen LogP contribution in [-0.2, 0) is 0 Å². The number of rotatable bonds is 1. The second-order valence-electron chi connectivity index (χ2n) is 1.52. The first kappa shape index (κ1) is 5.35. The van der Waals surface area contributed by atoms with Crippen molar-refractivity contribution in [2.75, 3.05) is 7.11 Å². The molecular formula is C6H7BO. The Morgan fingerprint density at radius 2 is 2.38 bits per heavy atom.